The number of methoxy groups -OCH3 is 2. The van der Waals surface area contributed by atoms with Crippen molar-refractivity contribution >= 4 is 34.7 Å². The van der Waals surface area contributed by atoms with Gasteiger partial charge in [0.05, 0.1) is 31.0 Å². The van der Waals surface area contributed by atoms with Crippen molar-refractivity contribution in [3.63, 3.8) is 0 Å². The number of thioether (sulfide) groups is 1. The molecule has 0 saturated carbocycles. The zero-order valence-electron chi connectivity index (χ0n) is 17.1. The number of rotatable bonds is 7. The molecule has 3 aromatic rings. The zero-order valence-corrected chi connectivity index (χ0v) is 17.9. The Kier molecular flexibility index (Phi) is 7.14. The molecule has 2 aromatic carbocycles. The quantitative estimate of drug-likeness (QED) is 0.504. The molecule has 0 aliphatic carbocycles. The van der Waals surface area contributed by atoms with Gasteiger partial charge in [-0.05, 0) is 23.5 Å². The van der Waals surface area contributed by atoms with Crippen molar-refractivity contribution in [3.05, 3.63) is 94.8 Å². The number of nitrogens with zero attached hydrogens (tertiary/aromatic N) is 1. The molecule has 0 fully saturated rings. The lowest BCUT2D eigenvalue weighted by Crippen LogP contribution is -2.11. The van der Waals surface area contributed by atoms with Crippen molar-refractivity contribution in [2.45, 2.75) is 6.54 Å². The second kappa shape index (κ2) is 9.98. The summed E-state index contributed by atoms with van der Waals surface area (Å²) in [7, 11) is 2.60. The van der Waals surface area contributed by atoms with E-state index in [1.165, 1.54) is 14.2 Å². The summed E-state index contributed by atoms with van der Waals surface area (Å²) in [5.41, 5.74) is 3.04. The van der Waals surface area contributed by atoms with Crippen LogP contribution >= 0.6 is 11.8 Å². The largest absolute Gasteiger partial charge is 0.465 e. The van der Waals surface area contributed by atoms with E-state index in [-0.39, 0.29) is 11.1 Å². The second-order valence-electron chi connectivity index (χ2n) is 6.48. The third-order valence-electron chi connectivity index (χ3n) is 4.66. The Hall–Kier alpha value is -3.25. The van der Waals surface area contributed by atoms with E-state index in [1.807, 2.05) is 77.6 Å². The highest BCUT2D eigenvalue weighted by atomic mass is 32.2. The van der Waals surface area contributed by atoms with Crippen LogP contribution < -0.4 is 0 Å². The molecule has 0 radical (unpaired) electrons. The van der Waals surface area contributed by atoms with E-state index in [0.29, 0.717) is 12.2 Å². The average Bonchev–Trinajstić information content (AvgIpc) is 3.15. The van der Waals surface area contributed by atoms with Gasteiger partial charge in [0.1, 0.15) is 0 Å². The van der Waals surface area contributed by atoms with Crippen LogP contribution in [0.3, 0.4) is 0 Å². The van der Waals surface area contributed by atoms with Gasteiger partial charge in [-0.15, -0.1) is 11.8 Å². The van der Waals surface area contributed by atoms with Gasteiger partial charge in [0.15, 0.2) is 0 Å². The fraction of sp³-hybridized carbons (Fsp3) is 0.167. The first kappa shape index (κ1) is 21.5. The number of esters is 2. The zero-order chi connectivity index (χ0) is 21.5. The van der Waals surface area contributed by atoms with Crippen molar-refractivity contribution in [1.29, 1.82) is 0 Å². The van der Waals surface area contributed by atoms with Crippen LogP contribution in [0.15, 0.2) is 66.9 Å². The van der Waals surface area contributed by atoms with Crippen LogP contribution in [0.5, 0.6) is 0 Å². The summed E-state index contributed by atoms with van der Waals surface area (Å²) in [6, 6.07) is 19.7. The number of ether oxygens (including phenoxy) is 2. The molecular weight excluding hydrogens is 398 g/mol. The van der Waals surface area contributed by atoms with Crippen LogP contribution in [0.4, 0.5) is 0 Å². The van der Waals surface area contributed by atoms with Gasteiger partial charge in [-0.25, -0.2) is 9.59 Å². The predicted octanol–water partition coefficient (Wildman–Crippen LogP) is 4.97. The minimum atomic E-state index is -0.582. The highest BCUT2D eigenvalue weighted by Gasteiger charge is 2.27. The van der Waals surface area contributed by atoms with E-state index in [0.717, 1.165) is 16.0 Å². The fourth-order valence-corrected chi connectivity index (χ4v) is 3.81. The molecule has 0 N–H and O–H groups in total. The molecule has 3 rings (SSSR count). The van der Waals surface area contributed by atoms with Crippen LogP contribution in [-0.4, -0.2) is 37.0 Å². The summed E-state index contributed by atoms with van der Waals surface area (Å²) in [6.07, 6.45) is 5.55. The number of carbonyl (C=O) groups is 2. The van der Waals surface area contributed by atoms with E-state index >= 15 is 0 Å². The maximum atomic E-state index is 12.7. The number of benzene rings is 2. The van der Waals surface area contributed by atoms with Crippen molar-refractivity contribution in [1.82, 2.24) is 4.57 Å². The standard InChI is InChI=1S/C24H23NO4S/c1-28-23(26)19-16-25(15-17-10-6-4-7-11-17)20(22(19)24(27)29-2)14-21(30-3)18-12-8-5-9-13-18/h4-14,16H,15H2,1-3H3/b21-14-. The number of carbonyl (C=O) groups excluding carboxylic acids is 2. The molecule has 1 heterocycles. The molecule has 0 atom stereocenters. The first-order valence-electron chi connectivity index (χ1n) is 9.33. The van der Waals surface area contributed by atoms with E-state index in [2.05, 4.69) is 0 Å². The van der Waals surface area contributed by atoms with Crippen LogP contribution in [0, 0.1) is 0 Å². The summed E-state index contributed by atoms with van der Waals surface area (Å²) in [6.45, 7) is 0.490. The lowest BCUT2D eigenvalue weighted by atomic mass is 10.1. The van der Waals surface area contributed by atoms with Crippen LogP contribution in [-0.2, 0) is 16.0 Å². The van der Waals surface area contributed by atoms with Gasteiger partial charge >= 0.3 is 11.9 Å². The van der Waals surface area contributed by atoms with Crippen molar-refractivity contribution in [2.24, 2.45) is 0 Å². The topological polar surface area (TPSA) is 57.5 Å². The van der Waals surface area contributed by atoms with Crippen molar-refractivity contribution in [2.75, 3.05) is 20.5 Å². The molecule has 0 unspecified atom stereocenters. The van der Waals surface area contributed by atoms with Crippen molar-refractivity contribution in [3.8, 4) is 0 Å². The summed E-state index contributed by atoms with van der Waals surface area (Å²) >= 11 is 1.56. The van der Waals surface area contributed by atoms with E-state index < -0.39 is 11.9 Å². The first-order chi connectivity index (χ1) is 14.6. The number of hydrogen-bond acceptors (Lipinski definition) is 5. The highest BCUT2D eigenvalue weighted by molar-refractivity contribution is 8.07. The molecule has 5 nitrogen and oxygen atoms in total. The summed E-state index contributed by atoms with van der Waals surface area (Å²) in [5, 5.41) is 0. The molecule has 30 heavy (non-hydrogen) atoms. The van der Waals surface area contributed by atoms with Gasteiger partial charge in [-0.3, -0.25) is 0 Å². The predicted molar refractivity (Wildman–Crippen MR) is 120 cm³/mol. The number of hydrogen-bond donors (Lipinski definition) is 0. The maximum absolute atomic E-state index is 12.7. The van der Waals surface area contributed by atoms with Crippen LogP contribution in [0.2, 0.25) is 0 Å². The maximum Gasteiger partial charge on any atom is 0.340 e. The van der Waals surface area contributed by atoms with Crippen LogP contribution in [0.25, 0.3) is 11.0 Å². The highest BCUT2D eigenvalue weighted by Crippen LogP contribution is 2.31. The monoisotopic (exact) mass is 421 g/mol. The Morgan fingerprint density at radius 3 is 2.10 bits per heavy atom. The Bertz CT molecular complexity index is 1060. The van der Waals surface area contributed by atoms with Crippen molar-refractivity contribution < 1.29 is 19.1 Å². The fourth-order valence-electron chi connectivity index (χ4n) is 3.21. The summed E-state index contributed by atoms with van der Waals surface area (Å²) in [5.74, 6) is -1.16. The Labute approximate surface area is 180 Å². The molecule has 0 spiro atoms. The van der Waals surface area contributed by atoms with Gasteiger partial charge in [-0.2, -0.15) is 0 Å². The Morgan fingerprint density at radius 1 is 0.933 bits per heavy atom. The average molecular weight is 422 g/mol. The molecule has 1 aromatic heterocycles. The van der Waals surface area contributed by atoms with E-state index in [4.69, 9.17) is 9.47 Å². The van der Waals surface area contributed by atoms with Gasteiger partial charge in [-0.1, -0.05) is 60.7 Å². The van der Waals surface area contributed by atoms with Crippen LogP contribution in [0.1, 0.15) is 37.5 Å². The number of aromatic nitrogens is 1. The van der Waals surface area contributed by atoms with E-state index in [9.17, 15) is 9.59 Å². The third-order valence-corrected chi connectivity index (χ3v) is 5.45. The van der Waals surface area contributed by atoms with Gasteiger partial charge < -0.3 is 14.0 Å². The molecule has 0 amide bonds. The minimum absolute atomic E-state index is 0.181. The smallest absolute Gasteiger partial charge is 0.340 e. The van der Waals surface area contributed by atoms with Gasteiger partial charge in [0, 0.05) is 17.6 Å². The lowest BCUT2D eigenvalue weighted by molar-refractivity contribution is 0.0556. The molecule has 0 aliphatic heterocycles. The molecule has 0 saturated heterocycles. The molecule has 6 heteroatoms. The SMILES string of the molecule is COC(=O)c1cn(Cc2ccccc2)c(/C=C(\SC)c2ccccc2)c1C(=O)OC. The van der Waals surface area contributed by atoms with Gasteiger partial charge in [0.25, 0.3) is 0 Å². The normalized spacial score (nSPS) is 11.2. The summed E-state index contributed by atoms with van der Waals surface area (Å²) < 4.78 is 11.8. The second-order valence-corrected chi connectivity index (χ2v) is 7.33. The third kappa shape index (κ3) is 4.66. The Morgan fingerprint density at radius 2 is 1.53 bits per heavy atom. The molecule has 0 aliphatic rings. The van der Waals surface area contributed by atoms with E-state index in [1.54, 1.807) is 18.0 Å². The molecule has 154 valence electrons. The Balaban J connectivity index is 2.23. The lowest BCUT2D eigenvalue weighted by Gasteiger charge is -2.11. The van der Waals surface area contributed by atoms with Gasteiger partial charge in [0.2, 0.25) is 0 Å². The molecule has 0 bridgehead atoms. The first-order valence-corrected chi connectivity index (χ1v) is 10.6. The molecular formula is C24H23NO4S. The minimum Gasteiger partial charge on any atom is -0.465 e. The summed E-state index contributed by atoms with van der Waals surface area (Å²) in [4.78, 5) is 26.1.